The molecule has 0 fully saturated rings. The number of benzene rings is 2. The molecule has 3 aromatic rings. The van der Waals surface area contributed by atoms with Crippen molar-refractivity contribution in [2.45, 2.75) is 0 Å². The number of rotatable bonds is 5. The van der Waals surface area contributed by atoms with E-state index in [0.717, 1.165) is 0 Å². The molecule has 1 amide bonds. The molecule has 1 N–H and O–H groups in total. The van der Waals surface area contributed by atoms with E-state index in [4.69, 9.17) is 16.3 Å². The molecule has 134 valence electrons. The highest BCUT2D eigenvalue weighted by molar-refractivity contribution is 6.33. The lowest BCUT2D eigenvalue weighted by Gasteiger charge is -2.05. The lowest BCUT2D eigenvalue weighted by atomic mass is 10.2. The number of hydrogen-bond donors (Lipinski definition) is 1. The maximum absolute atomic E-state index is 12.1. The van der Waals surface area contributed by atoms with Crippen LogP contribution in [0.3, 0.4) is 0 Å². The van der Waals surface area contributed by atoms with Crippen molar-refractivity contribution in [1.29, 1.82) is 0 Å². The van der Waals surface area contributed by atoms with Gasteiger partial charge in [-0.3, -0.25) is 9.78 Å². The Labute approximate surface area is 159 Å². The summed E-state index contributed by atoms with van der Waals surface area (Å²) in [6.45, 7) is 0. The Morgan fingerprint density at radius 2 is 1.85 bits per heavy atom. The second-order valence-corrected chi connectivity index (χ2v) is 5.64. The third-order valence-electron chi connectivity index (χ3n) is 3.36. The molecular formula is C19H13ClN4O3. The monoisotopic (exact) mass is 380 g/mol. The van der Waals surface area contributed by atoms with Crippen LogP contribution in [0, 0.1) is 0 Å². The van der Waals surface area contributed by atoms with Crippen LogP contribution in [-0.4, -0.2) is 28.1 Å². The third-order valence-corrected chi connectivity index (χ3v) is 3.69. The Hall–Kier alpha value is -3.58. The predicted octanol–water partition coefficient (Wildman–Crippen LogP) is 3.11. The van der Waals surface area contributed by atoms with E-state index >= 15 is 0 Å². The molecule has 0 unspecified atom stereocenters. The van der Waals surface area contributed by atoms with Crippen LogP contribution >= 0.6 is 11.6 Å². The Kier molecular flexibility index (Phi) is 5.86. The zero-order valence-electron chi connectivity index (χ0n) is 13.9. The first-order chi connectivity index (χ1) is 13.1. The molecule has 3 rings (SSSR count). The maximum Gasteiger partial charge on any atom is 0.345 e. The molecule has 1 heterocycles. The van der Waals surface area contributed by atoms with E-state index < -0.39 is 11.9 Å². The smallest absolute Gasteiger partial charge is 0.345 e. The number of carbonyl (C=O) groups excluding carboxylic acids is 2. The number of halogens is 1. The van der Waals surface area contributed by atoms with Crippen molar-refractivity contribution in [3.8, 4) is 5.75 Å². The van der Waals surface area contributed by atoms with E-state index in [-0.39, 0.29) is 11.3 Å². The van der Waals surface area contributed by atoms with Crippen LogP contribution in [0.5, 0.6) is 5.75 Å². The minimum absolute atomic E-state index is 0.163. The number of esters is 1. The van der Waals surface area contributed by atoms with Gasteiger partial charge in [-0.25, -0.2) is 15.2 Å². The highest BCUT2D eigenvalue weighted by Gasteiger charge is 2.12. The maximum atomic E-state index is 12.1. The molecule has 0 spiro atoms. The summed E-state index contributed by atoms with van der Waals surface area (Å²) in [4.78, 5) is 31.6. The fourth-order valence-electron chi connectivity index (χ4n) is 2.05. The van der Waals surface area contributed by atoms with Crippen molar-refractivity contribution in [3.63, 3.8) is 0 Å². The Balaban J connectivity index is 1.58. The van der Waals surface area contributed by atoms with Crippen LogP contribution in [0.15, 0.2) is 72.2 Å². The molecule has 8 heteroatoms. The summed E-state index contributed by atoms with van der Waals surface area (Å²) in [6.07, 6.45) is 5.68. The first-order valence-corrected chi connectivity index (χ1v) is 8.17. The minimum atomic E-state index is -0.543. The molecule has 0 radical (unpaired) electrons. The van der Waals surface area contributed by atoms with Crippen molar-refractivity contribution >= 4 is 29.7 Å². The average molecular weight is 381 g/mol. The number of aromatic nitrogens is 2. The number of nitrogens with one attached hydrogen (secondary N) is 1. The highest BCUT2D eigenvalue weighted by Crippen LogP contribution is 2.18. The van der Waals surface area contributed by atoms with Crippen molar-refractivity contribution in [2.24, 2.45) is 5.10 Å². The highest BCUT2D eigenvalue weighted by atomic mass is 35.5. The van der Waals surface area contributed by atoms with Gasteiger partial charge < -0.3 is 4.74 Å². The molecule has 0 aliphatic heterocycles. The summed E-state index contributed by atoms with van der Waals surface area (Å²) in [6, 6.07) is 13.2. The largest absolute Gasteiger partial charge is 0.423 e. The summed E-state index contributed by atoms with van der Waals surface area (Å²) in [7, 11) is 0. The Morgan fingerprint density at radius 1 is 1.07 bits per heavy atom. The fourth-order valence-corrected chi connectivity index (χ4v) is 2.26. The van der Waals surface area contributed by atoms with E-state index in [1.807, 2.05) is 0 Å². The number of hydrazone groups is 1. The first kappa shape index (κ1) is 18.2. The van der Waals surface area contributed by atoms with Crippen LogP contribution < -0.4 is 10.2 Å². The number of hydrogen-bond acceptors (Lipinski definition) is 6. The predicted molar refractivity (Wildman–Crippen MR) is 99.9 cm³/mol. The topological polar surface area (TPSA) is 93.5 Å². The van der Waals surface area contributed by atoms with Gasteiger partial charge in [0.25, 0.3) is 5.91 Å². The van der Waals surface area contributed by atoms with Crippen LogP contribution in [0.1, 0.15) is 26.4 Å². The molecule has 0 aliphatic carbocycles. The van der Waals surface area contributed by atoms with Crippen molar-refractivity contribution in [3.05, 3.63) is 89.0 Å². The molecule has 0 saturated carbocycles. The molecule has 0 bridgehead atoms. The number of ether oxygens (including phenoxy) is 1. The van der Waals surface area contributed by atoms with Crippen LogP contribution in [0.25, 0.3) is 0 Å². The van der Waals surface area contributed by atoms with Gasteiger partial charge in [0.2, 0.25) is 0 Å². The first-order valence-electron chi connectivity index (χ1n) is 7.79. The molecule has 27 heavy (non-hydrogen) atoms. The number of carbonyl (C=O) groups is 2. The second-order valence-electron chi connectivity index (χ2n) is 5.23. The summed E-state index contributed by atoms with van der Waals surface area (Å²) in [5.74, 6) is -0.649. The van der Waals surface area contributed by atoms with Crippen LogP contribution in [0.2, 0.25) is 5.02 Å². The average Bonchev–Trinajstić information content (AvgIpc) is 2.70. The molecular weight excluding hydrogens is 368 g/mol. The summed E-state index contributed by atoms with van der Waals surface area (Å²) in [5, 5.41) is 4.17. The van der Waals surface area contributed by atoms with Gasteiger partial charge in [-0.15, -0.1) is 0 Å². The normalized spacial score (nSPS) is 10.6. The van der Waals surface area contributed by atoms with Crippen LogP contribution in [0.4, 0.5) is 0 Å². The summed E-state index contributed by atoms with van der Waals surface area (Å²) >= 11 is 5.98. The van der Waals surface area contributed by atoms with Gasteiger partial charge in [0.05, 0.1) is 23.0 Å². The van der Waals surface area contributed by atoms with E-state index in [0.29, 0.717) is 16.3 Å². The van der Waals surface area contributed by atoms with Gasteiger partial charge in [0, 0.05) is 12.4 Å². The third kappa shape index (κ3) is 4.96. The second kappa shape index (κ2) is 8.68. The summed E-state index contributed by atoms with van der Waals surface area (Å²) in [5.41, 5.74) is 3.50. The SMILES string of the molecule is O=C(NN=Cc1ccc(OC(=O)c2ccccc2Cl)cc1)c1cnccn1. The van der Waals surface area contributed by atoms with Gasteiger partial charge in [-0.05, 0) is 42.0 Å². The fraction of sp³-hybridized carbons (Fsp3) is 0. The molecule has 1 aromatic heterocycles. The van der Waals surface area contributed by atoms with E-state index in [2.05, 4.69) is 20.5 Å². The van der Waals surface area contributed by atoms with E-state index in [9.17, 15) is 9.59 Å². The molecule has 0 atom stereocenters. The molecule has 0 aliphatic rings. The zero-order valence-corrected chi connectivity index (χ0v) is 14.6. The lowest BCUT2D eigenvalue weighted by Crippen LogP contribution is -2.19. The number of amides is 1. The number of nitrogens with zero attached hydrogens (tertiary/aromatic N) is 3. The van der Waals surface area contributed by atoms with Crippen molar-refractivity contribution in [2.75, 3.05) is 0 Å². The summed E-state index contributed by atoms with van der Waals surface area (Å²) < 4.78 is 5.28. The quantitative estimate of drug-likeness (QED) is 0.317. The standard InChI is InChI=1S/C19H13ClN4O3/c20-16-4-2-1-3-15(16)19(26)27-14-7-5-13(6-8-14)11-23-24-18(25)17-12-21-9-10-22-17/h1-12H,(H,24,25). The Morgan fingerprint density at radius 3 is 2.56 bits per heavy atom. The lowest BCUT2D eigenvalue weighted by molar-refractivity contribution is 0.0734. The van der Waals surface area contributed by atoms with Gasteiger partial charge >= 0.3 is 5.97 Å². The minimum Gasteiger partial charge on any atom is -0.423 e. The van der Waals surface area contributed by atoms with Gasteiger partial charge in [0.1, 0.15) is 11.4 Å². The molecule has 0 saturated heterocycles. The van der Waals surface area contributed by atoms with Crippen molar-refractivity contribution < 1.29 is 14.3 Å². The molecule has 7 nitrogen and oxygen atoms in total. The van der Waals surface area contributed by atoms with Gasteiger partial charge in [0.15, 0.2) is 0 Å². The van der Waals surface area contributed by atoms with Gasteiger partial charge in [-0.1, -0.05) is 23.7 Å². The van der Waals surface area contributed by atoms with Crippen molar-refractivity contribution in [1.82, 2.24) is 15.4 Å². The zero-order chi connectivity index (χ0) is 19.1. The van der Waals surface area contributed by atoms with Gasteiger partial charge in [-0.2, -0.15) is 5.10 Å². The Bertz CT molecular complexity index is 976. The molecule has 2 aromatic carbocycles. The van der Waals surface area contributed by atoms with Crippen LogP contribution in [-0.2, 0) is 0 Å². The van der Waals surface area contributed by atoms with E-state index in [1.54, 1.807) is 48.5 Å². The van der Waals surface area contributed by atoms with E-state index in [1.165, 1.54) is 24.8 Å².